The van der Waals surface area contributed by atoms with Crippen LogP contribution in [0, 0.1) is 16.0 Å². The van der Waals surface area contributed by atoms with Crippen molar-refractivity contribution in [3.63, 3.8) is 0 Å². The summed E-state index contributed by atoms with van der Waals surface area (Å²) >= 11 is 1.35. The van der Waals surface area contributed by atoms with Gasteiger partial charge in [-0.2, -0.15) is 0 Å². The van der Waals surface area contributed by atoms with Crippen LogP contribution < -0.4 is 5.73 Å². The van der Waals surface area contributed by atoms with Crippen molar-refractivity contribution in [2.24, 2.45) is 11.7 Å². The molecule has 0 aliphatic heterocycles. The highest BCUT2D eigenvalue weighted by Gasteiger charge is 2.17. The highest BCUT2D eigenvalue weighted by Crippen LogP contribution is 2.29. The predicted octanol–water partition coefficient (Wildman–Crippen LogP) is 3.25. The Bertz CT molecular complexity index is 726. The number of hydrogen-bond donors (Lipinski definition) is 1. The summed E-state index contributed by atoms with van der Waals surface area (Å²) in [5.74, 6) is 0.299. The molecule has 1 unspecified atom stereocenters. The van der Waals surface area contributed by atoms with Crippen molar-refractivity contribution in [3.8, 4) is 0 Å². The summed E-state index contributed by atoms with van der Waals surface area (Å²) in [5.41, 5.74) is 6.04. The molecule has 1 amide bonds. The minimum absolute atomic E-state index is 0.0329. The van der Waals surface area contributed by atoms with Crippen LogP contribution in [0.3, 0.4) is 0 Å². The molecule has 2 N–H and O–H groups in total. The van der Waals surface area contributed by atoms with Gasteiger partial charge >= 0.3 is 0 Å². The molecule has 0 saturated carbocycles. The van der Waals surface area contributed by atoms with Crippen molar-refractivity contribution >= 4 is 33.0 Å². The van der Waals surface area contributed by atoms with E-state index in [9.17, 15) is 14.9 Å². The third-order valence-electron chi connectivity index (χ3n) is 3.92. The number of nitrogens with zero attached hydrogens (tertiary/aromatic N) is 2. The van der Waals surface area contributed by atoms with Crippen molar-refractivity contribution in [1.29, 1.82) is 0 Å². The van der Waals surface area contributed by atoms with Crippen molar-refractivity contribution in [3.05, 3.63) is 39.3 Å². The first-order valence-electron chi connectivity index (χ1n) is 7.48. The van der Waals surface area contributed by atoms with E-state index in [1.807, 2.05) is 0 Å². The number of nitrogens with two attached hydrogens (primary N) is 1. The van der Waals surface area contributed by atoms with Crippen molar-refractivity contribution in [2.45, 2.75) is 26.3 Å². The predicted molar refractivity (Wildman–Crippen MR) is 92.9 cm³/mol. The Morgan fingerprint density at radius 1 is 1.39 bits per heavy atom. The van der Waals surface area contributed by atoms with Gasteiger partial charge in [0.1, 0.15) is 0 Å². The van der Waals surface area contributed by atoms with E-state index in [4.69, 9.17) is 5.73 Å². The van der Waals surface area contributed by atoms with E-state index in [-0.39, 0.29) is 17.6 Å². The summed E-state index contributed by atoms with van der Waals surface area (Å²) in [4.78, 5) is 25.1. The number of carbonyl (C=O) groups is 1. The van der Waals surface area contributed by atoms with Gasteiger partial charge in [0.05, 0.1) is 9.80 Å². The van der Waals surface area contributed by atoms with Crippen LogP contribution in [0.5, 0.6) is 0 Å². The van der Waals surface area contributed by atoms with Gasteiger partial charge in [0.2, 0.25) is 0 Å². The number of nitro benzene ring substituents is 1. The van der Waals surface area contributed by atoms with Gasteiger partial charge in [-0.15, -0.1) is 11.3 Å². The number of benzene rings is 1. The Morgan fingerprint density at radius 2 is 2.09 bits per heavy atom. The molecule has 0 bridgehead atoms. The number of non-ortho nitro benzene ring substituents is 1. The van der Waals surface area contributed by atoms with Crippen LogP contribution in [0.1, 0.15) is 29.9 Å². The van der Waals surface area contributed by atoms with Crippen LogP contribution in [0.15, 0.2) is 24.3 Å². The fourth-order valence-electron chi connectivity index (χ4n) is 2.22. The van der Waals surface area contributed by atoms with Gasteiger partial charge in [0, 0.05) is 41.9 Å². The quantitative estimate of drug-likeness (QED) is 0.648. The maximum atomic E-state index is 12.5. The Balaban J connectivity index is 2.12. The molecule has 0 radical (unpaired) electrons. The van der Waals surface area contributed by atoms with E-state index in [1.54, 1.807) is 24.1 Å². The summed E-state index contributed by atoms with van der Waals surface area (Å²) in [6.45, 7) is 4.71. The topological polar surface area (TPSA) is 89.5 Å². The Morgan fingerprint density at radius 3 is 2.70 bits per heavy atom. The van der Waals surface area contributed by atoms with Crippen LogP contribution in [-0.2, 0) is 0 Å². The lowest BCUT2D eigenvalue weighted by Gasteiger charge is -2.21. The molecule has 1 atom stereocenters. The summed E-state index contributed by atoms with van der Waals surface area (Å²) < 4.78 is 0.867. The zero-order valence-corrected chi connectivity index (χ0v) is 14.3. The molecule has 1 heterocycles. The SMILES string of the molecule is CC(C)C(N)CCN(C)C(=O)c1cc2cc([N+](=O)[O-])ccc2s1. The molecule has 0 fully saturated rings. The van der Waals surface area contributed by atoms with Gasteiger partial charge in [0.25, 0.3) is 11.6 Å². The number of rotatable bonds is 6. The van der Waals surface area contributed by atoms with E-state index >= 15 is 0 Å². The van der Waals surface area contributed by atoms with Gasteiger partial charge in [0.15, 0.2) is 0 Å². The van der Waals surface area contributed by atoms with E-state index in [0.29, 0.717) is 17.3 Å². The summed E-state index contributed by atoms with van der Waals surface area (Å²) in [6.07, 6.45) is 0.746. The third-order valence-corrected chi connectivity index (χ3v) is 5.03. The second-order valence-electron chi connectivity index (χ2n) is 6.01. The lowest BCUT2D eigenvalue weighted by atomic mass is 10.0. The molecule has 0 spiro atoms. The first-order valence-corrected chi connectivity index (χ1v) is 8.30. The van der Waals surface area contributed by atoms with E-state index in [2.05, 4.69) is 13.8 Å². The zero-order chi connectivity index (χ0) is 17.1. The molecule has 124 valence electrons. The standard InChI is InChI=1S/C16H21N3O3S/c1-10(2)13(17)6-7-18(3)16(20)15-9-11-8-12(19(21)22)4-5-14(11)23-15/h4-5,8-10,13H,6-7,17H2,1-3H3. The normalized spacial score (nSPS) is 12.6. The zero-order valence-electron chi connectivity index (χ0n) is 13.5. The smallest absolute Gasteiger partial charge is 0.270 e. The van der Waals surface area contributed by atoms with Gasteiger partial charge < -0.3 is 10.6 Å². The summed E-state index contributed by atoms with van der Waals surface area (Å²) in [6, 6.07) is 6.42. The fraction of sp³-hybridized carbons (Fsp3) is 0.438. The van der Waals surface area contributed by atoms with Crippen molar-refractivity contribution < 1.29 is 9.72 Å². The van der Waals surface area contributed by atoms with Crippen LogP contribution in [0.4, 0.5) is 5.69 Å². The number of thiophene rings is 1. The lowest BCUT2D eigenvalue weighted by molar-refractivity contribution is -0.384. The van der Waals surface area contributed by atoms with Gasteiger partial charge in [-0.25, -0.2) is 0 Å². The average Bonchev–Trinajstić information content (AvgIpc) is 2.93. The first kappa shape index (κ1) is 17.4. The van der Waals surface area contributed by atoms with Gasteiger partial charge in [-0.05, 0) is 24.5 Å². The van der Waals surface area contributed by atoms with Crippen LogP contribution in [0.2, 0.25) is 0 Å². The number of amides is 1. The Hall–Kier alpha value is -1.99. The third kappa shape index (κ3) is 4.05. The maximum Gasteiger partial charge on any atom is 0.270 e. The molecule has 2 rings (SSSR count). The van der Waals surface area contributed by atoms with Crippen molar-refractivity contribution in [2.75, 3.05) is 13.6 Å². The molecule has 0 aliphatic rings. The van der Waals surface area contributed by atoms with Gasteiger partial charge in [-0.3, -0.25) is 14.9 Å². The number of carbonyl (C=O) groups excluding carboxylic acids is 1. The molecule has 0 aliphatic carbocycles. The molecule has 0 saturated heterocycles. The largest absolute Gasteiger partial charge is 0.341 e. The monoisotopic (exact) mass is 335 g/mol. The van der Waals surface area contributed by atoms with E-state index < -0.39 is 4.92 Å². The molecule has 6 nitrogen and oxygen atoms in total. The number of nitro groups is 1. The number of fused-ring (bicyclic) bond motifs is 1. The van der Waals surface area contributed by atoms with Gasteiger partial charge in [-0.1, -0.05) is 13.8 Å². The molecule has 1 aromatic carbocycles. The summed E-state index contributed by atoms with van der Waals surface area (Å²) in [7, 11) is 1.75. The summed E-state index contributed by atoms with van der Waals surface area (Å²) in [5, 5.41) is 11.5. The molecule has 1 aromatic heterocycles. The minimum Gasteiger partial charge on any atom is -0.341 e. The van der Waals surface area contributed by atoms with Crippen LogP contribution in [-0.4, -0.2) is 35.4 Å². The first-order chi connectivity index (χ1) is 10.8. The second-order valence-corrected chi connectivity index (χ2v) is 7.10. The van der Waals surface area contributed by atoms with E-state index in [1.165, 1.54) is 23.5 Å². The molecular formula is C16H21N3O3S. The van der Waals surface area contributed by atoms with Crippen molar-refractivity contribution in [1.82, 2.24) is 4.90 Å². The lowest BCUT2D eigenvalue weighted by Crippen LogP contribution is -2.34. The van der Waals surface area contributed by atoms with E-state index in [0.717, 1.165) is 16.5 Å². The second kappa shape index (κ2) is 7.06. The average molecular weight is 335 g/mol. The number of hydrogen-bond acceptors (Lipinski definition) is 5. The maximum absolute atomic E-state index is 12.5. The molecule has 23 heavy (non-hydrogen) atoms. The molecular weight excluding hydrogens is 314 g/mol. The highest BCUT2D eigenvalue weighted by molar-refractivity contribution is 7.20. The highest BCUT2D eigenvalue weighted by atomic mass is 32.1. The Labute approximate surface area is 139 Å². The van der Waals surface area contributed by atoms with Crippen LogP contribution >= 0.6 is 11.3 Å². The fourth-order valence-corrected chi connectivity index (χ4v) is 3.25. The van der Waals surface area contributed by atoms with Crippen LogP contribution in [0.25, 0.3) is 10.1 Å². The minimum atomic E-state index is -0.433. The molecule has 7 heteroatoms. The Kier molecular flexibility index (Phi) is 5.33. The molecule has 2 aromatic rings.